The third-order valence-electron chi connectivity index (χ3n) is 5.47. The van der Waals surface area contributed by atoms with Gasteiger partial charge in [0, 0.05) is 23.7 Å². The van der Waals surface area contributed by atoms with Crippen molar-refractivity contribution in [2.24, 2.45) is 11.3 Å². The van der Waals surface area contributed by atoms with Gasteiger partial charge in [-0.3, -0.25) is 4.79 Å². The summed E-state index contributed by atoms with van der Waals surface area (Å²) in [7, 11) is 1.45. The molecule has 0 aromatic heterocycles. The molecule has 5 nitrogen and oxygen atoms in total. The van der Waals surface area contributed by atoms with Gasteiger partial charge in [0.25, 0.3) is 0 Å². The number of benzene rings is 1. The number of hydrogen-bond donors (Lipinski definition) is 1. The van der Waals surface area contributed by atoms with Crippen LogP contribution in [0.4, 0.5) is 10.5 Å². The summed E-state index contributed by atoms with van der Waals surface area (Å²) in [6, 6.07) is 5.90. The van der Waals surface area contributed by atoms with Crippen molar-refractivity contribution in [1.29, 1.82) is 0 Å². The Bertz CT molecular complexity index is 654. The largest absolute Gasteiger partial charge is 0.469 e. The molecule has 6 heteroatoms. The number of ether oxygens (including phenoxy) is 1. The van der Waals surface area contributed by atoms with Crippen LogP contribution in [0.1, 0.15) is 24.8 Å². The molecule has 2 aliphatic rings. The monoisotopic (exact) mass is 348 g/mol. The summed E-state index contributed by atoms with van der Waals surface area (Å²) in [4.78, 5) is 27.2. The highest BCUT2D eigenvalue weighted by molar-refractivity contribution is 7.98. The Labute approximate surface area is 147 Å². The summed E-state index contributed by atoms with van der Waals surface area (Å²) >= 11 is 1.68. The quantitative estimate of drug-likeness (QED) is 0.671. The van der Waals surface area contributed by atoms with Crippen molar-refractivity contribution in [2.75, 3.05) is 31.8 Å². The van der Waals surface area contributed by atoms with Crippen LogP contribution in [0.15, 0.2) is 23.1 Å². The van der Waals surface area contributed by atoms with E-state index >= 15 is 0 Å². The van der Waals surface area contributed by atoms with E-state index < -0.39 is 0 Å². The summed E-state index contributed by atoms with van der Waals surface area (Å²) in [5.74, 6) is -0.0642. The molecular weight excluding hydrogens is 324 g/mol. The maximum atomic E-state index is 12.5. The van der Waals surface area contributed by atoms with E-state index in [1.165, 1.54) is 12.0 Å². The molecule has 0 unspecified atom stereocenters. The predicted octanol–water partition coefficient (Wildman–Crippen LogP) is 3.52. The van der Waals surface area contributed by atoms with Crippen LogP contribution >= 0.6 is 11.8 Å². The van der Waals surface area contributed by atoms with Crippen molar-refractivity contribution in [3.63, 3.8) is 0 Å². The number of anilines is 1. The molecule has 1 aromatic rings. The Balaban J connectivity index is 1.58. The van der Waals surface area contributed by atoms with E-state index in [-0.39, 0.29) is 23.3 Å². The van der Waals surface area contributed by atoms with Crippen molar-refractivity contribution in [1.82, 2.24) is 4.90 Å². The minimum Gasteiger partial charge on any atom is -0.469 e. The van der Waals surface area contributed by atoms with Gasteiger partial charge in [0.05, 0.1) is 13.0 Å². The number of carbonyl (C=O) groups excluding carboxylic acids is 2. The molecule has 2 fully saturated rings. The molecule has 1 spiro atoms. The van der Waals surface area contributed by atoms with Gasteiger partial charge in [-0.2, -0.15) is 0 Å². The minimum atomic E-state index is -0.0996. The Morgan fingerprint density at radius 3 is 2.67 bits per heavy atom. The van der Waals surface area contributed by atoms with Gasteiger partial charge in [0.2, 0.25) is 0 Å². The van der Waals surface area contributed by atoms with E-state index in [1.54, 1.807) is 11.8 Å². The summed E-state index contributed by atoms with van der Waals surface area (Å²) in [5.41, 5.74) is 2.05. The fraction of sp³-hybridized carbons (Fsp3) is 0.556. The molecule has 1 saturated carbocycles. The molecule has 24 heavy (non-hydrogen) atoms. The van der Waals surface area contributed by atoms with E-state index in [0.717, 1.165) is 30.5 Å². The van der Waals surface area contributed by atoms with Crippen molar-refractivity contribution in [3.8, 4) is 0 Å². The molecule has 1 aliphatic carbocycles. The van der Waals surface area contributed by atoms with Gasteiger partial charge >= 0.3 is 12.0 Å². The summed E-state index contributed by atoms with van der Waals surface area (Å²) in [5, 5.41) is 3.03. The number of carbonyl (C=O) groups is 2. The number of thioether (sulfide) groups is 1. The molecule has 2 amide bonds. The lowest BCUT2D eigenvalue weighted by atomic mass is 9.91. The van der Waals surface area contributed by atoms with Crippen LogP contribution in [-0.2, 0) is 9.53 Å². The van der Waals surface area contributed by atoms with Crippen LogP contribution < -0.4 is 5.32 Å². The second-order valence-electron chi connectivity index (χ2n) is 6.69. The molecule has 130 valence electrons. The number of nitrogens with zero attached hydrogens (tertiary/aromatic N) is 1. The summed E-state index contributed by atoms with van der Waals surface area (Å²) < 4.78 is 4.86. The molecule has 0 radical (unpaired) electrons. The van der Waals surface area contributed by atoms with E-state index in [2.05, 4.69) is 11.4 Å². The van der Waals surface area contributed by atoms with Crippen LogP contribution in [0.2, 0.25) is 0 Å². The van der Waals surface area contributed by atoms with E-state index in [9.17, 15) is 9.59 Å². The lowest BCUT2D eigenvalue weighted by molar-refractivity contribution is -0.143. The predicted molar refractivity (Wildman–Crippen MR) is 95.3 cm³/mol. The SMILES string of the molecule is COC(=O)[C@@H]1CC12CCN(C(=O)Nc1cccc(SC)c1C)CC2. The Morgan fingerprint density at radius 2 is 2.04 bits per heavy atom. The molecule has 3 rings (SSSR count). The van der Waals surface area contributed by atoms with Crippen LogP contribution in [0.3, 0.4) is 0 Å². The fourth-order valence-electron chi connectivity index (χ4n) is 3.70. The van der Waals surface area contributed by atoms with Crippen LogP contribution in [-0.4, -0.2) is 43.4 Å². The van der Waals surface area contributed by atoms with Crippen LogP contribution in [0, 0.1) is 18.3 Å². The lowest BCUT2D eigenvalue weighted by Gasteiger charge is -2.32. The number of amides is 2. The highest BCUT2D eigenvalue weighted by Crippen LogP contribution is 2.59. The van der Waals surface area contributed by atoms with Crippen LogP contribution in [0.5, 0.6) is 0 Å². The summed E-state index contributed by atoms with van der Waals surface area (Å²) in [6.45, 7) is 3.42. The zero-order valence-electron chi connectivity index (χ0n) is 14.4. The number of methoxy groups -OCH3 is 1. The number of rotatable bonds is 3. The van der Waals surface area contributed by atoms with Crippen molar-refractivity contribution in [2.45, 2.75) is 31.1 Å². The normalized spacial score (nSPS) is 21.5. The number of piperidine rings is 1. The van der Waals surface area contributed by atoms with E-state index in [1.807, 2.05) is 30.2 Å². The number of hydrogen-bond acceptors (Lipinski definition) is 4. The van der Waals surface area contributed by atoms with E-state index in [0.29, 0.717) is 13.1 Å². The zero-order chi connectivity index (χ0) is 17.3. The first-order valence-electron chi connectivity index (χ1n) is 8.28. The third kappa shape index (κ3) is 3.11. The van der Waals surface area contributed by atoms with Gasteiger partial charge in [-0.1, -0.05) is 6.07 Å². The smallest absolute Gasteiger partial charge is 0.321 e. The average Bonchev–Trinajstić information content (AvgIpc) is 3.30. The molecule has 1 N–H and O–H groups in total. The number of nitrogens with one attached hydrogen (secondary N) is 1. The van der Waals surface area contributed by atoms with Gasteiger partial charge in [0.1, 0.15) is 0 Å². The molecule has 1 saturated heterocycles. The topological polar surface area (TPSA) is 58.6 Å². The second kappa shape index (κ2) is 6.67. The summed E-state index contributed by atoms with van der Waals surface area (Å²) in [6.07, 6.45) is 4.70. The first-order valence-corrected chi connectivity index (χ1v) is 9.50. The highest BCUT2D eigenvalue weighted by Gasteiger charge is 2.59. The Hall–Kier alpha value is -1.69. The maximum absolute atomic E-state index is 12.5. The Kier molecular flexibility index (Phi) is 4.76. The maximum Gasteiger partial charge on any atom is 0.321 e. The zero-order valence-corrected chi connectivity index (χ0v) is 15.2. The molecule has 1 aliphatic heterocycles. The van der Waals surface area contributed by atoms with Gasteiger partial charge in [0.15, 0.2) is 0 Å². The first kappa shape index (κ1) is 17.1. The average molecular weight is 348 g/mol. The number of esters is 1. The van der Waals surface area contributed by atoms with Gasteiger partial charge < -0.3 is 15.0 Å². The lowest BCUT2D eigenvalue weighted by Crippen LogP contribution is -2.42. The van der Waals surface area contributed by atoms with Crippen molar-refractivity contribution in [3.05, 3.63) is 23.8 Å². The van der Waals surface area contributed by atoms with Crippen LogP contribution in [0.25, 0.3) is 0 Å². The highest BCUT2D eigenvalue weighted by atomic mass is 32.2. The third-order valence-corrected chi connectivity index (χ3v) is 6.35. The first-order chi connectivity index (χ1) is 11.5. The minimum absolute atomic E-state index is 0.0354. The van der Waals surface area contributed by atoms with Crippen molar-refractivity contribution >= 4 is 29.4 Å². The molecular formula is C18H24N2O3S. The number of urea groups is 1. The van der Waals surface area contributed by atoms with Crippen molar-refractivity contribution < 1.29 is 14.3 Å². The second-order valence-corrected chi connectivity index (χ2v) is 7.54. The number of likely N-dealkylation sites (tertiary alicyclic amines) is 1. The van der Waals surface area contributed by atoms with Gasteiger partial charge in [-0.25, -0.2) is 4.79 Å². The molecule has 1 atom stereocenters. The van der Waals surface area contributed by atoms with Gasteiger partial charge in [-0.15, -0.1) is 11.8 Å². The molecule has 1 heterocycles. The van der Waals surface area contributed by atoms with E-state index in [4.69, 9.17) is 4.74 Å². The standard InChI is InChI=1S/C18H24N2O3S/c1-12-14(5-4-6-15(12)24-3)19-17(22)20-9-7-18(8-10-20)11-13(18)16(21)23-2/h4-6,13H,7-11H2,1-3H3,(H,19,22)/t13-/m0/s1. The van der Waals surface area contributed by atoms with Gasteiger partial charge in [-0.05, 0) is 55.6 Å². The molecule has 1 aromatic carbocycles. The fourth-order valence-corrected chi connectivity index (χ4v) is 4.33. The Morgan fingerprint density at radius 1 is 1.33 bits per heavy atom. The molecule has 0 bridgehead atoms.